The van der Waals surface area contributed by atoms with E-state index < -0.39 is 5.79 Å². The van der Waals surface area contributed by atoms with Crippen LogP contribution in [-0.4, -0.2) is 67.6 Å². The van der Waals surface area contributed by atoms with Gasteiger partial charge in [0.2, 0.25) is 0 Å². The monoisotopic (exact) mass is 543 g/mol. The van der Waals surface area contributed by atoms with E-state index in [0.717, 1.165) is 24.0 Å². The molecule has 0 bridgehead atoms. The van der Waals surface area contributed by atoms with Crippen molar-refractivity contribution < 1.29 is 24.4 Å². The lowest BCUT2D eigenvalue weighted by Crippen LogP contribution is -2.21. The third-order valence-corrected chi connectivity index (χ3v) is 4.98. The summed E-state index contributed by atoms with van der Waals surface area (Å²) in [5, 5.41) is 26.7. The summed E-state index contributed by atoms with van der Waals surface area (Å²) < 4.78 is 19.6. The second-order valence-electron chi connectivity index (χ2n) is 6.46. The largest absolute Gasteiger partial charge is 0.394 e. The van der Waals surface area contributed by atoms with E-state index in [4.69, 9.17) is 14.9 Å². The third-order valence-electron chi connectivity index (χ3n) is 4.47. The summed E-state index contributed by atoms with van der Waals surface area (Å²) in [4.78, 5) is 12.7. The number of imidazole rings is 1. The number of hydrogen-bond acceptors (Lipinski definition) is 8. The van der Waals surface area contributed by atoms with Crippen LogP contribution in [0.5, 0.6) is 0 Å². The van der Waals surface area contributed by atoms with Crippen molar-refractivity contribution in [3.63, 3.8) is 0 Å². The highest BCUT2D eigenvalue weighted by Crippen LogP contribution is 2.26. The van der Waals surface area contributed by atoms with Gasteiger partial charge in [0.15, 0.2) is 22.8 Å². The first-order valence-corrected chi connectivity index (χ1v) is 11.0. The van der Waals surface area contributed by atoms with Gasteiger partial charge in [0.25, 0.3) is 0 Å². The van der Waals surface area contributed by atoms with Crippen LogP contribution in [0.3, 0.4) is 0 Å². The molecule has 11 heteroatoms. The van der Waals surface area contributed by atoms with Crippen molar-refractivity contribution in [2.75, 3.05) is 24.4 Å². The molecule has 1 saturated carbocycles. The molecule has 0 spiro atoms. The molecule has 2 atom stereocenters. The second kappa shape index (κ2) is 15.6. The summed E-state index contributed by atoms with van der Waals surface area (Å²) >= 11 is 2.02. The maximum absolute atomic E-state index is 9.50. The molecule has 0 aliphatic heterocycles. The van der Waals surface area contributed by atoms with Gasteiger partial charge in [0, 0.05) is 26.0 Å². The van der Waals surface area contributed by atoms with E-state index in [1.54, 1.807) is 13.4 Å². The van der Waals surface area contributed by atoms with Gasteiger partial charge in [0.05, 0.1) is 49.1 Å². The predicted molar refractivity (Wildman–Crippen MR) is 124 cm³/mol. The lowest BCUT2D eigenvalue weighted by molar-refractivity contribution is -0.152. The van der Waals surface area contributed by atoms with E-state index in [1.807, 2.05) is 48.2 Å². The first kappa shape index (κ1) is 28.9. The number of alkyl halides is 1. The molecule has 9 nitrogen and oxygen atoms in total. The average molecular weight is 543 g/mol. The van der Waals surface area contributed by atoms with Gasteiger partial charge in [0.1, 0.15) is 6.33 Å². The Kier molecular flexibility index (Phi) is 15.0. The molecule has 2 unspecified atom stereocenters. The molecule has 4 N–H and O–H groups in total. The molecule has 2 aromatic heterocycles. The summed E-state index contributed by atoms with van der Waals surface area (Å²) in [6, 6.07) is 0.124. The molecule has 174 valence electrons. The fraction of sp³-hybridized carbons (Fsp3) is 0.737. The second-order valence-corrected chi connectivity index (χ2v) is 6.99. The molecule has 3 rings (SSSR count). The number of nitrogens with zero attached hydrogens (tertiary/aromatic N) is 4. The molecular formula is C19H35FIN5O4. The topological polar surface area (TPSA) is 126 Å². The Labute approximate surface area is 191 Å². The van der Waals surface area contributed by atoms with E-state index >= 15 is 0 Å². The van der Waals surface area contributed by atoms with Crippen LogP contribution in [-0.2, 0) is 4.74 Å². The number of aromatic nitrogens is 4. The highest BCUT2D eigenvalue weighted by atomic mass is 127. The standard InChI is InChI=1S/C11H16IN5O2.C5H10O2.C2H6.CH3F/c1-7(3-8(4-18)19-2)17-6-15-9-10(16-12)13-5-14-11(9)17;6-5(7)3-1-2-4-5;2*1-2/h5-8,18H,3-4H2,1-2H3,(H,13,14,16);6-7H,1-4H2;1-2H3;1H3. The zero-order valence-electron chi connectivity index (χ0n) is 18.3. The first-order valence-electron chi connectivity index (χ1n) is 9.92. The summed E-state index contributed by atoms with van der Waals surface area (Å²) in [5.41, 5.74) is 1.51. The number of aliphatic hydroxyl groups is 3. The van der Waals surface area contributed by atoms with Crippen LogP contribution in [0, 0.1) is 0 Å². The number of fused-ring (bicyclic) bond motifs is 1. The van der Waals surface area contributed by atoms with Crippen molar-refractivity contribution in [3.05, 3.63) is 12.7 Å². The Hall–Kier alpha value is -1.15. The number of aliphatic hydroxyl groups excluding tert-OH is 1. The molecule has 2 heterocycles. The number of ether oxygens (including phenoxy) is 1. The molecule has 0 saturated heterocycles. The highest BCUT2D eigenvalue weighted by molar-refractivity contribution is 14.1. The number of rotatable bonds is 6. The predicted octanol–water partition coefficient (Wildman–Crippen LogP) is 3.40. The van der Waals surface area contributed by atoms with E-state index in [2.05, 4.69) is 18.5 Å². The third kappa shape index (κ3) is 8.92. The minimum absolute atomic E-state index is 0.00299. The Morgan fingerprint density at radius 1 is 1.23 bits per heavy atom. The molecule has 30 heavy (non-hydrogen) atoms. The Balaban J connectivity index is 0.000000636. The van der Waals surface area contributed by atoms with Crippen molar-refractivity contribution in [3.8, 4) is 0 Å². The summed E-state index contributed by atoms with van der Waals surface area (Å²) in [6.07, 6.45) is 6.81. The quantitative estimate of drug-likeness (QED) is 0.248. The van der Waals surface area contributed by atoms with Crippen molar-refractivity contribution in [1.29, 1.82) is 0 Å². The Morgan fingerprint density at radius 2 is 1.83 bits per heavy atom. The van der Waals surface area contributed by atoms with Gasteiger partial charge in [-0.2, -0.15) is 0 Å². The number of hydrogen-bond donors (Lipinski definition) is 4. The molecule has 0 radical (unpaired) electrons. The lowest BCUT2D eigenvalue weighted by atomic mass is 10.1. The minimum Gasteiger partial charge on any atom is -0.394 e. The highest BCUT2D eigenvalue weighted by Gasteiger charge is 2.26. The Morgan fingerprint density at radius 3 is 2.27 bits per heavy atom. The SMILES string of the molecule is CC.CF.COC(CO)CC(C)n1cnc2c(NI)ncnc21.OC1(O)CCCC1. The van der Waals surface area contributed by atoms with Gasteiger partial charge in [-0.05, 0) is 26.2 Å². The van der Waals surface area contributed by atoms with Crippen molar-refractivity contribution in [2.45, 2.75) is 70.8 Å². The zero-order valence-corrected chi connectivity index (χ0v) is 20.5. The van der Waals surface area contributed by atoms with Crippen LogP contribution < -0.4 is 3.53 Å². The average Bonchev–Trinajstić information content (AvgIpc) is 3.40. The van der Waals surface area contributed by atoms with Gasteiger partial charge < -0.3 is 28.2 Å². The first-order chi connectivity index (χ1) is 14.4. The molecule has 1 fully saturated rings. The lowest BCUT2D eigenvalue weighted by Gasteiger charge is -2.19. The Bertz CT molecular complexity index is 693. The molecule has 0 amide bonds. The molecule has 1 aliphatic carbocycles. The summed E-state index contributed by atoms with van der Waals surface area (Å²) in [7, 11) is 2.10. The van der Waals surface area contributed by atoms with Gasteiger partial charge >= 0.3 is 0 Å². The number of halogens is 2. The van der Waals surface area contributed by atoms with Crippen molar-refractivity contribution >= 4 is 39.8 Å². The maximum atomic E-state index is 9.50. The van der Waals surface area contributed by atoms with Gasteiger partial charge in [-0.1, -0.05) is 13.8 Å². The zero-order chi connectivity index (χ0) is 23.2. The van der Waals surface area contributed by atoms with Gasteiger partial charge in [-0.25, -0.2) is 15.0 Å². The normalized spacial score (nSPS) is 16.2. The number of nitrogens with one attached hydrogen (secondary N) is 1. The van der Waals surface area contributed by atoms with Crippen LogP contribution in [0.4, 0.5) is 10.2 Å². The molecule has 0 aromatic carbocycles. The fourth-order valence-electron chi connectivity index (χ4n) is 2.92. The minimum atomic E-state index is -1.31. The molecule has 1 aliphatic rings. The van der Waals surface area contributed by atoms with Crippen LogP contribution in [0.25, 0.3) is 11.2 Å². The maximum Gasteiger partial charge on any atom is 0.166 e. The smallest absolute Gasteiger partial charge is 0.166 e. The van der Waals surface area contributed by atoms with Crippen molar-refractivity contribution in [2.24, 2.45) is 0 Å². The van der Waals surface area contributed by atoms with Crippen LogP contribution in [0.2, 0.25) is 0 Å². The number of anilines is 1. The van der Waals surface area contributed by atoms with Gasteiger partial charge in [-0.15, -0.1) is 0 Å². The van der Waals surface area contributed by atoms with E-state index in [-0.39, 0.29) is 18.8 Å². The number of methoxy groups -OCH3 is 1. The summed E-state index contributed by atoms with van der Waals surface area (Å²) in [6.45, 7) is 6.05. The van der Waals surface area contributed by atoms with Crippen LogP contribution in [0.15, 0.2) is 12.7 Å². The molecule has 2 aromatic rings. The van der Waals surface area contributed by atoms with E-state index in [9.17, 15) is 9.50 Å². The van der Waals surface area contributed by atoms with Crippen LogP contribution in [0.1, 0.15) is 58.9 Å². The summed E-state index contributed by atoms with van der Waals surface area (Å²) in [5.74, 6) is -0.609. The van der Waals surface area contributed by atoms with E-state index in [0.29, 0.717) is 32.3 Å². The fourth-order valence-corrected chi connectivity index (χ4v) is 3.32. The van der Waals surface area contributed by atoms with Gasteiger partial charge in [-0.3, -0.25) is 4.39 Å². The van der Waals surface area contributed by atoms with E-state index in [1.165, 1.54) is 6.33 Å². The van der Waals surface area contributed by atoms with Crippen LogP contribution >= 0.6 is 22.9 Å². The molecular weight excluding hydrogens is 508 g/mol. The van der Waals surface area contributed by atoms with Crippen molar-refractivity contribution in [1.82, 2.24) is 19.5 Å².